The van der Waals surface area contributed by atoms with Crippen LogP contribution in [0.3, 0.4) is 0 Å². The van der Waals surface area contributed by atoms with E-state index in [0.29, 0.717) is 60.1 Å². The predicted molar refractivity (Wildman–Crippen MR) is 210 cm³/mol. The van der Waals surface area contributed by atoms with Crippen LogP contribution in [0.4, 0.5) is 10.2 Å². The summed E-state index contributed by atoms with van der Waals surface area (Å²) in [5.74, 6) is 2.01. The molecule has 3 atom stereocenters. The van der Waals surface area contributed by atoms with Gasteiger partial charge >= 0.3 is 6.01 Å². The predicted octanol–water partition coefficient (Wildman–Crippen LogP) is 8.38. The quantitative estimate of drug-likeness (QED) is 0.142. The average molecular weight is 726 g/mol. The van der Waals surface area contributed by atoms with Gasteiger partial charge in [0.25, 0.3) is 0 Å². The normalized spacial score (nSPS) is 19.8. The summed E-state index contributed by atoms with van der Waals surface area (Å²) in [5.41, 5.74) is 3.38. The van der Waals surface area contributed by atoms with Crippen LogP contribution in [-0.4, -0.2) is 73.4 Å². The molecular formula is C44H44FN5O4. The minimum Gasteiger partial charge on any atom is -0.497 e. The minimum absolute atomic E-state index is 0.0547. The molecule has 10 heteroatoms. The summed E-state index contributed by atoms with van der Waals surface area (Å²) >= 11 is 0. The van der Waals surface area contributed by atoms with Gasteiger partial charge in [0.2, 0.25) is 0 Å². The number of ether oxygens (including phenoxy) is 4. The number of hydrogen-bond donors (Lipinski definition) is 1. The summed E-state index contributed by atoms with van der Waals surface area (Å²) in [4.78, 5) is 14.8. The number of benzene rings is 5. The van der Waals surface area contributed by atoms with Gasteiger partial charge in [0.15, 0.2) is 11.6 Å². The van der Waals surface area contributed by atoms with Gasteiger partial charge in [-0.3, -0.25) is 0 Å². The highest BCUT2D eigenvalue weighted by Crippen LogP contribution is 2.44. The molecular weight excluding hydrogens is 682 g/mol. The molecule has 0 radical (unpaired) electrons. The number of likely N-dealkylation sites (N-methyl/N-ethyl adjacent to an activating group) is 1. The van der Waals surface area contributed by atoms with Gasteiger partial charge in [-0.15, -0.1) is 0 Å². The number of hydrogen-bond acceptors (Lipinski definition) is 9. The zero-order chi connectivity index (χ0) is 36.6. The van der Waals surface area contributed by atoms with Crippen LogP contribution in [-0.2, 0) is 6.61 Å². The Bertz CT molecular complexity index is 2290. The molecule has 3 aliphatic heterocycles. The summed E-state index contributed by atoms with van der Waals surface area (Å²) in [6.07, 6.45) is 4.50. The van der Waals surface area contributed by atoms with Crippen molar-refractivity contribution in [2.45, 2.75) is 50.4 Å². The van der Waals surface area contributed by atoms with E-state index in [2.05, 4.69) is 40.4 Å². The molecule has 9 nitrogen and oxygen atoms in total. The number of halogens is 1. The zero-order valence-corrected chi connectivity index (χ0v) is 30.6. The third-order valence-electron chi connectivity index (χ3n) is 11.1. The van der Waals surface area contributed by atoms with Crippen LogP contribution in [0.25, 0.3) is 32.8 Å². The molecule has 1 aromatic heterocycles. The fourth-order valence-corrected chi connectivity index (χ4v) is 8.19. The highest BCUT2D eigenvalue weighted by atomic mass is 19.1. The zero-order valence-electron chi connectivity index (χ0n) is 30.6. The monoisotopic (exact) mass is 725 g/mol. The van der Waals surface area contributed by atoms with Gasteiger partial charge in [-0.05, 0) is 97.6 Å². The molecule has 0 amide bonds. The SMILES string of the molecule is COc1ccc(F)c(Oc2cc3c(N4C[C@H]5CC[C@@H](C4)N5)nc(OCC4CCCN4C)nc3cc2-c2cc(OCc3ccccc3)cc3ccccc23)c1. The first-order valence-corrected chi connectivity index (χ1v) is 18.9. The second-order valence-electron chi connectivity index (χ2n) is 14.7. The Hall–Kier alpha value is -5.45. The van der Waals surface area contributed by atoms with E-state index in [4.69, 9.17) is 28.9 Å². The molecule has 3 saturated heterocycles. The van der Waals surface area contributed by atoms with Gasteiger partial charge in [-0.2, -0.15) is 9.97 Å². The number of nitrogens with one attached hydrogen (secondary N) is 1. The van der Waals surface area contributed by atoms with E-state index in [1.165, 1.54) is 6.07 Å². The molecule has 1 N–H and O–H groups in total. The van der Waals surface area contributed by atoms with E-state index in [1.807, 2.05) is 60.7 Å². The molecule has 6 aromatic rings. The maximum Gasteiger partial charge on any atom is 0.319 e. The first-order chi connectivity index (χ1) is 26.5. The van der Waals surface area contributed by atoms with Crippen molar-refractivity contribution in [3.8, 4) is 40.1 Å². The third-order valence-corrected chi connectivity index (χ3v) is 11.1. The van der Waals surface area contributed by atoms with Crippen molar-refractivity contribution >= 4 is 27.5 Å². The van der Waals surface area contributed by atoms with Crippen LogP contribution in [0.1, 0.15) is 31.2 Å². The first kappa shape index (κ1) is 34.3. The standard InChI is InChI=1S/C44H44FN5O4/c1-49-18-8-12-32(49)27-53-44-47-40-22-37(36-20-34(19-29-11-6-7-13-35(29)36)52-26-28-9-4-3-5-10-28)41(54-42-21-33(51-2)16-17-39(42)45)23-38(40)43(48-44)50-24-30-14-15-31(25-50)46-30/h3-7,9-11,13,16-17,19-23,30-32,46H,8,12,14-15,18,24-27H2,1-2H3/t30-,31+,32?. The number of rotatable bonds is 11. The lowest BCUT2D eigenvalue weighted by molar-refractivity contribution is 0.188. The van der Waals surface area contributed by atoms with E-state index in [0.717, 1.165) is 84.0 Å². The van der Waals surface area contributed by atoms with Crippen LogP contribution in [0.2, 0.25) is 0 Å². The lowest BCUT2D eigenvalue weighted by Gasteiger charge is -2.34. The summed E-state index contributed by atoms with van der Waals surface area (Å²) in [6.45, 7) is 3.63. The highest BCUT2D eigenvalue weighted by Gasteiger charge is 2.34. The van der Waals surface area contributed by atoms with Crippen LogP contribution in [0, 0.1) is 5.82 Å². The van der Waals surface area contributed by atoms with Crippen molar-refractivity contribution in [1.29, 1.82) is 0 Å². The van der Waals surface area contributed by atoms with Gasteiger partial charge in [-0.1, -0.05) is 54.6 Å². The first-order valence-electron chi connectivity index (χ1n) is 18.9. The lowest BCUT2D eigenvalue weighted by Crippen LogP contribution is -2.51. The van der Waals surface area contributed by atoms with Gasteiger partial charge in [0.05, 0.1) is 12.6 Å². The Kier molecular flexibility index (Phi) is 9.38. The Morgan fingerprint density at radius 1 is 0.778 bits per heavy atom. The van der Waals surface area contributed by atoms with E-state index in [9.17, 15) is 0 Å². The maximum atomic E-state index is 15.5. The topological polar surface area (TPSA) is 81.2 Å². The average Bonchev–Trinajstić information content (AvgIpc) is 3.78. The van der Waals surface area contributed by atoms with E-state index in [-0.39, 0.29) is 5.75 Å². The van der Waals surface area contributed by atoms with Gasteiger partial charge in [-0.25, -0.2) is 4.39 Å². The van der Waals surface area contributed by atoms with Crippen LogP contribution in [0.5, 0.6) is 29.0 Å². The summed E-state index contributed by atoms with van der Waals surface area (Å²) < 4.78 is 40.4. The number of nitrogens with zero attached hydrogens (tertiary/aromatic N) is 4. The molecule has 9 rings (SSSR count). The van der Waals surface area contributed by atoms with E-state index in [1.54, 1.807) is 19.2 Å². The second kappa shape index (κ2) is 14.8. The molecule has 4 heterocycles. The fraction of sp³-hybridized carbons (Fsp3) is 0.318. The second-order valence-corrected chi connectivity index (χ2v) is 14.7. The molecule has 276 valence electrons. The molecule has 0 saturated carbocycles. The molecule has 0 spiro atoms. The molecule has 54 heavy (non-hydrogen) atoms. The summed E-state index contributed by atoms with van der Waals surface area (Å²) in [6, 6.07) is 32.3. The maximum absolute atomic E-state index is 15.5. The van der Waals surface area contributed by atoms with Crippen molar-refractivity contribution in [3.05, 3.63) is 108 Å². The van der Waals surface area contributed by atoms with Crippen LogP contribution in [0.15, 0.2) is 97.1 Å². The van der Waals surface area contributed by atoms with Gasteiger partial charge < -0.3 is 34.1 Å². The third kappa shape index (κ3) is 6.99. The minimum atomic E-state index is -0.498. The number of fused-ring (bicyclic) bond motifs is 4. The van der Waals surface area contributed by atoms with Gasteiger partial charge in [0, 0.05) is 48.2 Å². The van der Waals surface area contributed by atoms with Crippen molar-refractivity contribution in [2.24, 2.45) is 0 Å². The Balaban J connectivity index is 1.22. The number of methoxy groups -OCH3 is 1. The van der Waals surface area contributed by atoms with E-state index >= 15 is 4.39 Å². The largest absolute Gasteiger partial charge is 0.497 e. The highest BCUT2D eigenvalue weighted by molar-refractivity contribution is 6.03. The molecule has 2 bridgehead atoms. The van der Waals surface area contributed by atoms with Crippen molar-refractivity contribution in [1.82, 2.24) is 20.2 Å². The van der Waals surface area contributed by atoms with Gasteiger partial charge in [0.1, 0.15) is 36.3 Å². The van der Waals surface area contributed by atoms with Crippen LogP contribution < -0.4 is 29.2 Å². The van der Waals surface area contributed by atoms with Crippen molar-refractivity contribution < 1.29 is 23.3 Å². The lowest BCUT2D eigenvalue weighted by atomic mass is 9.95. The Morgan fingerprint density at radius 2 is 1.59 bits per heavy atom. The molecule has 1 unspecified atom stereocenters. The smallest absolute Gasteiger partial charge is 0.319 e. The molecule has 0 aliphatic carbocycles. The summed E-state index contributed by atoms with van der Waals surface area (Å²) in [7, 11) is 3.70. The van der Waals surface area contributed by atoms with Crippen molar-refractivity contribution in [3.63, 3.8) is 0 Å². The molecule has 3 aliphatic rings. The molecule has 5 aromatic carbocycles. The Morgan fingerprint density at radius 3 is 2.39 bits per heavy atom. The molecule has 3 fully saturated rings. The number of likely N-dealkylation sites (tertiary alicyclic amines) is 1. The van der Waals surface area contributed by atoms with E-state index < -0.39 is 5.82 Å². The number of aromatic nitrogens is 2. The Labute approximate surface area is 314 Å². The van der Waals surface area contributed by atoms with Crippen LogP contribution >= 0.6 is 0 Å². The number of anilines is 1. The van der Waals surface area contributed by atoms with Crippen molar-refractivity contribution in [2.75, 3.05) is 45.3 Å². The summed E-state index contributed by atoms with van der Waals surface area (Å²) in [5, 5.41) is 6.55. The number of piperazine rings is 1. The fourth-order valence-electron chi connectivity index (χ4n) is 8.19.